The second-order valence-electron chi connectivity index (χ2n) is 4.30. The molecule has 0 amide bonds. The van der Waals surface area contributed by atoms with Crippen molar-refractivity contribution in [2.75, 3.05) is 11.9 Å². The number of rotatable bonds is 5. The third-order valence-electron chi connectivity index (χ3n) is 3.07. The number of carboxylic acid groups (broad SMARTS) is 1. The van der Waals surface area contributed by atoms with Crippen LogP contribution in [-0.2, 0) is 9.53 Å². The summed E-state index contributed by atoms with van der Waals surface area (Å²) >= 11 is 0. The first-order valence-electron chi connectivity index (χ1n) is 6.01. The van der Waals surface area contributed by atoms with Crippen molar-refractivity contribution < 1.29 is 24.3 Å². The normalized spacial score (nSPS) is 21.5. The number of aliphatic carboxylic acids is 1. The van der Waals surface area contributed by atoms with Crippen molar-refractivity contribution in [2.45, 2.75) is 25.7 Å². The van der Waals surface area contributed by atoms with Crippen LogP contribution in [0.1, 0.15) is 13.8 Å². The van der Waals surface area contributed by atoms with Crippen molar-refractivity contribution >= 4 is 17.3 Å². The largest absolute Gasteiger partial charge is 0.477 e. The molecule has 0 bridgehead atoms. The smallest absolute Gasteiger partial charge is 0.372 e. The van der Waals surface area contributed by atoms with Gasteiger partial charge >= 0.3 is 11.7 Å². The zero-order chi connectivity index (χ0) is 14.9. The molecule has 1 heterocycles. The molecule has 0 fully saturated rings. The van der Waals surface area contributed by atoms with Gasteiger partial charge in [-0.1, -0.05) is 0 Å². The van der Waals surface area contributed by atoms with Gasteiger partial charge in [0.15, 0.2) is 0 Å². The van der Waals surface area contributed by atoms with Gasteiger partial charge in [-0.3, -0.25) is 10.1 Å². The Kier molecular flexibility index (Phi) is 3.49. The highest BCUT2D eigenvalue weighted by Crippen LogP contribution is 2.41. The van der Waals surface area contributed by atoms with Crippen LogP contribution in [0.3, 0.4) is 0 Å². The summed E-state index contributed by atoms with van der Waals surface area (Å²) in [6.45, 7) is 3.61. The van der Waals surface area contributed by atoms with E-state index in [-0.39, 0.29) is 17.1 Å². The molecule has 8 heteroatoms. The predicted molar refractivity (Wildman–Crippen MR) is 68.8 cm³/mol. The Hall–Kier alpha value is -2.35. The van der Waals surface area contributed by atoms with Gasteiger partial charge in [0.1, 0.15) is 11.9 Å². The minimum Gasteiger partial charge on any atom is -0.477 e. The number of nitro benzene ring substituents is 1. The summed E-state index contributed by atoms with van der Waals surface area (Å²) in [5.41, 5.74) is -1.67. The number of ether oxygens (including phenoxy) is 2. The quantitative estimate of drug-likeness (QED) is 0.623. The first kappa shape index (κ1) is 14.1. The monoisotopic (exact) mass is 282 g/mol. The predicted octanol–water partition coefficient (Wildman–Crippen LogP) is 1.60. The van der Waals surface area contributed by atoms with Crippen LogP contribution >= 0.6 is 0 Å². The third-order valence-corrected chi connectivity index (χ3v) is 3.07. The number of anilines is 1. The Labute approximate surface area is 114 Å². The minimum absolute atomic E-state index is 0.148. The Balaban J connectivity index is 2.37. The molecule has 0 saturated heterocycles. The van der Waals surface area contributed by atoms with Gasteiger partial charge in [-0.25, -0.2) is 4.79 Å². The van der Waals surface area contributed by atoms with Gasteiger partial charge in [0.05, 0.1) is 10.6 Å². The number of nitro groups is 1. The van der Waals surface area contributed by atoms with Crippen LogP contribution in [0.15, 0.2) is 18.2 Å². The number of fused-ring (bicyclic) bond motifs is 1. The molecule has 2 N–H and O–H groups in total. The van der Waals surface area contributed by atoms with Crippen LogP contribution in [0.2, 0.25) is 0 Å². The lowest BCUT2D eigenvalue weighted by Gasteiger charge is -2.30. The number of carboxylic acids is 1. The lowest BCUT2D eigenvalue weighted by atomic mass is 10.1. The molecular formula is C12H14N2O6. The maximum Gasteiger partial charge on any atom is 0.372 e. The summed E-state index contributed by atoms with van der Waals surface area (Å²) in [6, 6.07) is 3.85. The van der Waals surface area contributed by atoms with Gasteiger partial charge in [0.25, 0.3) is 5.69 Å². The molecule has 1 aliphatic heterocycles. The molecule has 108 valence electrons. The summed E-state index contributed by atoms with van der Waals surface area (Å²) < 4.78 is 10.7. The average molecular weight is 282 g/mol. The van der Waals surface area contributed by atoms with Crippen LogP contribution in [-0.4, -0.2) is 34.4 Å². The minimum atomic E-state index is -1.78. The van der Waals surface area contributed by atoms with Crippen LogP contribution in [0.25, 0.3) is 0 Å². The Morgan fingerprint density at radius 1 is 1.65 bits per heavy atom. The number of carbonyl (C=O) groups is 1. The standard InChI is InChI=1S/C12H14N2O6/c1-3-19-7(2)12(11(15)16)13-9-6-8(14(17)18)4-5-10(9)20-12/h4-7,13H,3H2,1-2H3,(H,15,16). The van der Waals surface area contributed by atoms with Crippen LogP contribution in [0, 0.1) is 10.1 Å². The first-order chi connectivity index (χ1) is 9.40. The van der Waals surface area contributed by atoms with E-state index in [4.69, 9.17) is 9.47 Å². The van der Waals surface area contributed by atoms with Crippen LogP contribution < -0.4 is 10.1 Å². The molecule has 0 aromatic heterocycles. The molecule has 0 saturated carbocycles. The molecule has 0 spiro atoms. The molecule has 1 aliphatic rings. The van der Waals surface area contributed by atoms with E-state index < -0.39 is 22.7 Å². The molecule has 1 aromatic rings. The molecule has 2 unspecified atom stereocenters. The fourth-order valence-corrected chi connectivity index (χ4v) is 2.04. The topological polar surface area (TPSA) is 111 Å². The fraction of sp³-hybridized carbons (Fsp3) is 0.417. The lowest BCUT2D eigenvalue weighted by Crippen LogP contribution is -2.57. The molecule has 2 rings (SSSR count). The van der Waals surface area contributed by atoms with Crippen molar-refractivity contribution in [1.82, 2.24) is 0 Å². The second kappa shape index (κ2) is 4.97. The van der Waals surface area contributed by atoms with Gasteiger partial charge < -0.3 is 19.9 Å². The summed E-state index contributed by atoms with van der Waals surface area (Å²) in [4.78, 5) is 21.7. The van der Waals surface area contributed by atoms with E-state index >= 15 is 0 Å². The summed E-state index contributed by atoms with van der Waals surface area (Å²) in [5, 5.41) is 22.8. The summed E-state index contributed by atoms with van der Waals surface area (Å²) in [5.74, 6) is -1.01. The van der Waals surface area contributed by atoms with E-state index in [0.717, 1.165) is 0 Å². The Morgan fingerprint density at radius 3 is 2.90 bits per heavy atom. The van der Waals surface area contributed by atoms with Crippen molar-refractivity contribution in [3.05, 3.63) is 28.3 Å². The van der Waals surface area contributed by atoms with E-state index in [0.29, 0.717) is 6.61 Å². The number of hydrogen-bond acceptors (Lipinski definition) is 6. The molecule has 0 radical (unpaired) electrons. The van der Waals surface area contributed by atoms with Crippen LogP contribution in [0.4, 0.5) is 11.4 Å². The SMILES string of the molecule is CCOC(C)C1(C(=O)O)Nc2cc([N+](=O)[O-])ccc2O1. The molecule has 2 atom stereocenters. The maximum absolute atomic E-state index is 11.5. The van der Waals surface area contributed by atoms with Gasteiger partial charge in [-0.15, -0.1) is 0 Å². The highest BCUT2D eigenvalue weighted by atomic mass is 16.6. The average Bonchev–Trinajstić information content (AvgIpc) is 2.78. The number of nitrogens with zero attached hydrogens (tertiary/aromatic N) is 1. The molecule has 8 nitrogen and oxygen atoms in total. The van der Waals surface area contributed by atoms with Gasteiger partial charge in [-0.2, -0.15) is 0 Å². The summed E-state index contributed by atoms with van der Waals surface area (Å²) in [6.07, 6.45) is -0.781. The van der Waals surface area contributed by atoms with Crippen molar-refractivity contribution in [2.24, 2.45) is 0 Å². The maximum atomic E-state index is 11.5. The zero-order valence-electron chi connectivity index (χ0n) is 11.0. The molecule has 1 aromatic carbocycles. The molecule has 20 heavy (non-hydrogen) atoms. The van der Waals surface area contributed by atoms with Gasteiger partial charge in [0, 0.05) is 18.7 Å². The van der Waals surface area contributed by atoms with Crippen molar-refractivity contribution in [1.29, 1.82) is 0 Å². The van der Waals surface area contributed by atoms with E-state index in [2.05, 4.69) is 5.32 Å². The van der Waals surface area contributed by atoms with Gasteiger partial charge in [0.2, 0.25) is 0 Å². The van der Waals surface area contributed by atoms with E-state index in [1.54, 1.807) is 13.8 Å². The second-order valence-corrected chi connectivity index (χ2v) is 4.30. The number of non-ortho nitro benzene ring substituents is 1. The van der Waals surface area contributed by atoms with E-state index in [9.17, 15) is 20.0 Å². The van der Waals surface area contributed by atoms with Crippen molar-refractivity contribution in [3.8, 4) is 5.75 Å². The van der Waals surface area contributed by atoms with Crippen LogP contribution in [0.5, 0.6) is 5.75 Å². The summed E-state index contributed by atoms with van der Waals surface area (Å²) in [7, 11) is 0. The zero-order valence-corrected chi connectivity index (χ0v) is 11.0. The number of nitrogens with one attached hydrogen (secondary N) is 1. The first-order valence-corrected chi connectivity index (χ1v) is 6.01. The highest BCUT2D eigenvalue weighted by Gasteiger charge is 2.52. The molecular weight excluding hydrogens is 268 g/mol. The van der Waals surface area contributed by atoms with E-state index in [1.807, 2.05) is 0 Å². The highest BCUT2D eigenvalue weighted by molar-refractivity contribution is 5.86. The number of hydrogen-bond donors (Lipinski definition) is 2. The van der Waals surface area contributed by atoms with Gasteiger partial charge in [-0.05, 0) is 19.9 Å². The van der Waals surface area contributed by atoms with E-state index in [1.165, 1.54) is 18.2 Å². The molecule has 0 aliphatic carbocycles. The third kappa shape index (κ3) is 2.14. The Morgan fingerprint density at radius 2 is 2.35 bits per heavy atom. The van der Waals surface area contributed by atoms with Crippen molar-refractivity contribution in [3.63, 3.8) is 0 Å². The Bertz CT molecular complexity index is 561. The fourth-order valence-electron chi connectivity index (χ4n) is 2.04. The lowest BCUT2D eigenvalue weighted by molar-refractivity contribution is -0.384. The number of benzene rings is 1.